The van der Waals surface area contributed by atoms with Gasteiger partial charge in [-0.15, -0.1) is 0 Å². The lowest BCUT2D eigenvalue weighted by atomic mass is 10.1. The number of rotatable bonds is 6. The Morgan fingerprint density at radius 1 is 1.33 bits per heavy atom. The fourth-order valence-corrected chi connectivity index (χ4v) is 2.38. The molecule has 0 aromatic heterocycles. The van der Waals surface area contributed by atoms with Gasteiger partial charge in [0.15, 0.2) is 5.92 Å². The number of nitrogens with zero attached hydrogens (tertiary/aromatic N) is 1. The average molecular weight is 269 g/mol. The van der Waals surface area contributed by atoms with Gasteiger partial charge in [0.05, 0.1) is 6.61 Å². The van der Waals surface area contributed by atoms with Crippen LogP contribution in [0.15, 0.2) is 0 Å². The van der Waals surface area contributed by atoms with Crippen molar-refractivity contribution in [1.82, 2.24) is 4.90 Å². The Hall–Kier alpha value is -0.820. The second kappa shape index (κ2) is 6.38. The first-order valence-corrected chi connectivity index (χ1v) is 6.00. The third-order valence-corrected chi connectivity index (χ3v) is 3.34. The molecule has 4 nitrogen and oxygen atoms in total. The molecule has 1 fully saturated rings. The number of halogens is 3. The average Bonchev–Trinajstić information content (AvgIpc) is 2.74. The summed E-state index contributed by atoms with van der Waals surface area (Å²) in [5.74, 6) is -4.24. The summed E-state index contributed by atoms with van der Waals surface area (Å²) in [5.41, 5.74) is 0. The number of carbonyl (C=O) groups is 1. The first kappa shape index (κ1) is 15.2. The Kier molecular flexibility index (Phi) is 5.40. The van der Waals surface area contributed by atoms with Crippen LogP contribution in [0.5, 0.6) is 0 Å². The molecule has 1 aliphatic rings. The van der Waals surface area contributed by atoms with E-state index in [9.17, 15) is 18.0 Å². The highest BCUT2D eigenvalue weighted by molar-refractivity contribution is 5.71. The highest BCUT2D eigenvalue weighted by atomic mass is 19.4. The minimum absolute atomic E-state index is 0.0404. The van der Waals surface area contributed by atoms with Crippen molar-refractivity contribution < 1.29 is 28.2 Å². The summed E-state index contributed by atoms with van der Waals surface area (Å²) in [6.07, 6.45) is -1.33. The van der Waals surface area contributed by atoms with E-state index in [1.165, 1.54) is 4.90 Å². The summed E-state index contributed by atoms with van der Waals surface area (Å²) in [6.45, 7) is -0.755. The Morgan fingerprint density at radius 3 is 2.28 bits per heavy atom. The molecule has 0 radical (unpaired) electrons. The van der Waals surface area contributed by atoms with Crippen molar-refractivity contribution in [3.05, 3.63) is 0 Å². The molecular formula is C11H18F3NO3. The van der Waals surface area contributed by atoms with Crippen LogP contribution in [-0.2, 0) is 4.79 Å². The zero-order chi connectivity index (χ0) is 13.8. The number of hydrogen-bond donors (Lipinski definition) is 2. The Morgan fingerprint density at radius 2 is 1.89 bits per heavy atom. The maximum absolute atomic E-state index is 12.6. The van der Waals surface area contributed by atoms with Crippen LogP contribution in [-0.4, -0.2) is 53.0 Å². The van der Waals surface area contributed by atoms with E-state index >= 15 is 0 Å². The van der Waals surface area contributed by atoms with E-state index in [0.29, 0.717) is 0 Å². The minimum Gasteiger partial charge on any atom is -0.481 e. The molecule has 0 aromatic carbocycles. The van der Waals surface area contributed by atoms with E-state index < -0.39 is 24.6 Å². The number of carboxylic acid groups (broad SMARTS) is 1. The maximum Gasteiger partial charge on any atom is 0.403 e. The number of alkyl halides is 3. The molecule has 0 heterocycles. The van der Waals surface area contributed by atoms with Crippen molar-refractivity contribution in [2.45, 2.75) is 37.9 Å². The van der Waals surface area contributed by atoms with Gasteiger partial charge in [-0.1, -0.05) is 12.8 Å². The van der Waals surface area contributed by atoms with Crippen molar-refractivity contribution in [3.8, 4) is 0 Å². The van der Waals surface area contributed by atoms with Crippen molar-refractivity contribution >= 4 is 5.97 Å². The van der Waals surface area contributed by atoms with Crippen LogP contribution in [0, 0.1) is 5.92 Å². The molecule has 0 spiro atoms. The van der Waals surface area contributed by atoms with Gasteiger partial charge >= 0.3 is 12.1 Å². The quantitative estimate of drug-likeness (QED) is 0.767. The highest BCUT2D eigenvalue weighted by Gasteiger charge is 2.46. The molecule has 1 aliphatic carbocycles. The molecule has 0 aromatic rings. The second-order valence-electron chi connectivity index (χ2n) is 4.59. The maximum atomic E-state index is 12.6. The first-order chi connectivity index (χ1) is 8.36. The summed E-state index contributed by atoms with van der Waals surface area (Å²) in [4.78, 5) is 12.1. The molecule has 0 saturated heterocycles. The van der Waals surface area contributed by atoms with Crippen LogP contribution in [0.2, 0.25) is 0 Å². The molecule has 1 rings (SSSR count). The number of aliphatic hydroxyl groups is 1. The highest BCUT2D eigenvalue weighted by Crippen LogP contribution is 2.30. The normalized spacial score (nSPS) is 19.4. The smallest absolute Gasteiger partial charge is 0.403 e. The second-order valence-corrected chi connectivity index (χ2v) is 4.59. The zero-order valence-corrected chi connectivity index (χ0v) is 9.99. The lowest BCUT2D eigenvalue weighted by molar-refractivity contribution is -0.197. The lowest BCUT2D eigenvalue weighted by Gasteiger charge is -2.31. The van der Waals surface area contributed by atoms with Crippen LogP contribution >= 0.6 is 0 Å². The third-order valence-electron chi connectivity index (χ3n) is 3.34. The topological polar surface area (TPSA) is 60.8 Å². The SMILES string of the molecule is O=C(O)C(CN(CCO)C1CCCC1)C(F)(F)F. The number of carboxylic acids is 1. The molecule has 106 valence electrons. The van der Waals surface area contributed by atoms with Crippen molar-refractivity contribution in [3.63, 3.8) is 0 Å². The van der Waals surface area contributed by atoms with Crippen molar-refractivity contribution in [1.29, 1.82) is 0 Å². The summed E-state index contributed by atoms with van der Waals surface area (Å²) in [5, 5.41) is 17.5. The van der Waals surface area contributed by atoms with Crippen molar-refractivity contribution in [2.75, 3.05) is 19.7 Å². The summed E-state index contributed by atoms with van der Waals surface area (Å²) >= 11 is 0. The van der Waals surface area contributed by atoms with Gasteiger partial charge in [-0.25, -0.2) is 0 Å². The predicted molar refractivity (Wildman–Crippen MR) is 58.1 cm³/mol. The molecule has 1 atom stereocenters. The number of hydrogen-bond acceptors (Lipinski definition) is 3. The van der Waals surface area contributed by atoms with Crippen LogP contribution in [0.3, 0.4) is 0 Å². The van der Waals surface area contributed by atoms with Gasteiger partial charge in [0.1, 0.15) is 0 Å². The van der Waals surface area contributed by atoms with Gasteiger partial charge in [0.2, 0.25) is 0 Å². The van der Waals surface area contributed by atoms with E-state index in [1.54, 1.807) is 0 Å². The molecule has 18 heavy (non-hydrogen) atoms. The lowest BCUT2D eigenvalue weighted by Crippen LogP contribution is -2.45. The monoisotopic (exact) mass is 269 g/mol. The molecule has 0 aliphatic heterocycles. The van der Waals surface area contributed by atoms with E-state index in [-0.39, 0.29) is 19.2 Å². The van der Waals surface area contributed by atoms with Crippen LogP contribution in [0.25, 0.3) is 0 Å². The fourth-order valence-electron chi connectivity index (χ4n) is 2.38. The Balaban J connectivity index is 2.70. The minimum atomic E-state index is -4.75. The largest absolute Gasteiger partial charge is 0.481 e. The van der Waals surface area contributed by atoms with Gasteiger partial charge in [0, 0.05) is 19.1 Å². The van der Waals surface area contributed by atoms with Gasteiger partial charge in [-0.2, -0.15) is 13.2 Å². The molecule has 0 amide bonds. The predicted octanol–water partition coefficient (Wildman–Crippen LogP) is 1.49. The molecule has 7 heteroatoms. The van der Waals surface area contributed by atoms with Gasteiger partial charge < -0.3 is 10.2 Å². The fraction of sp³-hybridized carbons (Fsp3) is 0.909. The molecule has 2 N–H and O–H groups in total. The Labute approximate surface area is 103 Å². The van der Waals surface area contributed by atoms with E-state index in [4.69, 9.17) is 10.2 Å². The van der Waals surface area contributed by atoms with Crippen LogP contribution < -0.4 is 0 Å². The molecular weight excluding hydrogens is 251 g/mol. The molecule has 1 saturated carbocycles. The van der Waals surface area contributed by atoms with E-state index in [2.05, 4.69) is 0 Å². The van der Waals surface area contributed by atoms with Gasteiger partial charge in [-0.05, 0) is 12.8 Å². The zero-order valence-electron chi connectivity index (χ0n) is 9.99. The third kappa shape index (κ3) is 4.13. The van der Waals surface area contributed by atoms with E-state index in [0.717, 1.165) is 25.7 Å². The first-order valence-electron chi connectivity index (χ1n) is 6.00. The summed E-state index contributed by atoms with van der Waals surface area (Å²) in [6, 6.07) is -0.0404. The van der Waals surface area contributed by atoms with Crippen LogP contribution in [0.1, 0.15) is 25.7 Å². The molecule has 0 bridgehead atoms. The van der Waals surface area contributed by atoms with Gasteiger partial charge in [0.25, 0.3) is 0 Å². The summed E-state index contributed by atoms with van der Waals surface area (Å²) in [7, 11) is 0. The summed E-state index contributed by atoms with van der Waals surface area (Å²) < 4.78 is 37.8. The van der Waals surface area contributed by atoms with Gasteiger partial charge in [-0.3, -0.25) is 9.69 Å². The molecule has 1 unspecified atom stereocenters. The number of aliphatic carboxylic acids is 1. The van der Waals surface area contributed by atoms with Crippen molar-refractivity contribution in [2.24, 2.45) is 5.92 Å². The van der Waals surface area contributed by atoms with E-state index in [1.807, 2.05) is 0 Å². The Bertz CT molecular complexity index is 277. The number of aliphatic hydroxyl groups excluding tert-OH is 1. The van der Waals surface area contributed by atoms with Crippen LogP contribution in [0.4, 0.5) is 13.2 Å². The standard InChI is InChI=1S/C11H18F3NO3/c12-11(13,14)9(10(17)18)7-15(5-6-16)8-3-1-2-4-8/h8-9,16H,1-7H2,(H,17,18).